The Kier molecular flexibility index (Phi) is 4.22. The Labute approximate surface area is 105 Å². The fraction of sp³-hybridized carbons (Fsp3) is 0.154. The maximum atomic E-state index is 5.78. The molecule has 0 saturated heterocycles. The summed E-state index contributed by atoms with van der Waals surface area (Å²) in [7, 11) is 0. The summed E-state index contributed by atoms with van der Waals surface area (Å²) in [6, 6.07) is 13.1. The molecule has 0 atom stereocenters. The van der Waals surface area contributed by atoms with Crippen LogP contribution in [-0.2, 0) is 0 Å². The third-order valence-corrected chi connectivity index (χ3v) is 2.41. The second-order valence-electron chi connectivity index (χ2n) is 3.44. The van der Waals surface area contributed by atoms with Gasteiger partial charge in [0.15, 0.2) is 0 Å². The summed E-state index contributed by atoms with van der Waals surface area (Å²) >= 11 is 5.78. The van der Waals surface area contributed by atoms with Gasteiger partial charge in [0.05, 0.1) is 6.54 Å². The number of rotatable bonds is 5. The normalized spacial score (nSPS) is 9.94. The van der Waals surface area contributed by atoms with Crippen molar-refractivity contribution < 1.29 is 4.74 Å². The summed E-state index contributed by atoms with van der Waals surface area (Å²) in [6.45, 7) is 1.29. The van der Waals surface area contributed by atoms with E-state index in [0.29, 0.717) is 18.2 Å². The number of anilines is 1. The Morgan fingerprint density at radius 1 is 1.12 bits per heavy atom. The number of ether oxygens (including phenoxy) is 1. The van der Waals surface area contributed by atoms with E-state index < -0.39 is 0 Å². The number of hydrogen-bond donors (Lipinski definition) is 1. The average molecular weight is 249 g/mol. The molecular weight excluding hydrogens is 236 g/mol. The summed E-state index contributed by atoms with van der Waals surface area (Å²) in [4.78, 5) is 4.15. The van der Waals surface area contributed by atoms with E-state index in [4.69, 9.17) is 16.3 Å². The average Bonchev–Trinajstić information content (AvgIpc) is 2.38. The minimum absolute atomic E-state index is 0.582. The van der Waals surface area contributed by atoms with Crippen molar-refractivity contribution in [2.75, 3.05) is 18.5 Å². The molecular formula is C13H13ClN2O. The molecule has 1 heterocycles. The fourth-order valence-electron chi connectivity index (χ4n) is 1.35. The van der Waals surface area contributed by atoms with Crippen molar-refractivity contribution in [2.24, 2.45) is 0 Å². The van der Waals surface area contributed by atoms with Gasteiger partial charge in [-0.3, -0.25) is 0 Å². The Hall–Kier alpha value is -1.74. The van der Waals surface area contributed by atoms with Crippen LogP contribution in [0, 0.1) is 0 Å². The zero-order chi connectivity index (χ0) is 11.9. The van der Waals surface area contributed by atoms with Gasteiger partial charge in [-0.05, 0) is 36.4 Å². The molecule has 2 rings (SSSR count). The monoisotopic (exact) mass is 248 g/mol. The van der Waals surface area contributed by atoms with E-state index in [9.17, 15) is 0 Å². The van der Waals surface area contributed by atoms with Crippen LogP contribution >= 0.6 is 11.6 Å². The molecule has 0 aliphatic heterocycles. The van der Waals surface area contributed by atoms with Crippen LogP contribution in [0.5, 0.6) is 5.75 Å². The molecule has 0 aliphatic carbocycles. The molecule has 3 nitrogen and oxygen atoms in total. The Balaban J connectivity index is 1.71. The highest BCUT2D eigenvalue weighted by Crippen LogP contribution is 2.15. The lowest BCUT2D eigenvalue weighted by atomic mass is 10.3. The van der Waals surface area contributed by atoms with Crippen molar-refractivity contribution >= 4 is 17.4 Å². The standard InChI is InChI=1S/C13H13ClN2O/c14-11-4-6-12(7-5-11)17-10-9-16-13-3-1-2-8-15-13/h1-8H,9-10H2,(H,15,16). The quantitative estimate of drug-likeness (QED) is 0.825. The fourth-order valence-corrected chi connectivity index (χ4v) is 1.47. The van der Waals surface area contributed by atoms with Crippen molar-refractivity contribution in [2.45, 2.75) is 0 Å². The molecule has 1 aromatic carbocycles. The van der Waals surface area contributed by atoms with E-state index in [0.717, 1.165) is 11.6 Å². The smallest absolute Gasteiger partial charge is 0.125 e. The highest BCUT2D eigenvalue weighted by atomic mass is 35.5. The van der Waals surface area contributed by atoms with E-state index in [1.165, 1.54) is 0 Å². The molecule has 0 bridgehead atoms. The van der Waals surface area contributed by atoms with Gasteiger partial charge >= 0.3 is 0 Å². The van der Waals surface area contributed by atoms with E-state index >= 15 is 0 Å². The Morgan fingerprint density at radius 2 is 1.94 bits per heavy atom. The summed E-state index contributed by atoms with van der Waals surface area (Å²) in [5.41, 5.74) is 0. The van der Waals surface area contributed by atoms with Gasteiger partial charge in [0.25, 0.3) is 0 Å². The zero-order valence-corrected chi connectivity index (χ0v) is 10.0. The van der Waals surface area contributed by atoms with Crippen molar-refractivity contribution in [3.05, 3.63) is 53.7 Å². The van der Waals surface area contributed by atoms with Crippen molar-refractivity contribution in [1.29, 1.82) is 0 Å². The van der Waals surface area contributed by atoms with Gasteiger partial charge in [0.1, 0.15) is 18.2 Å². The number of halogens is 1. The molecule has 0 aliphatic rings. The van der Waals surface area contributed by atoms with Gasteiger partial charge in [-0.1, -0.05) is 17.7 Å². The summed E-state index contributed by atoms with van der Waals surface area (Å²) in [5, 5.41) is 3.88. The second kappa shape index (κ2) is 6.11. The highest BCUT2D eigenvalue weighted by molar-refractivity contribution is 6.30. The van der Waals surface area contributed by atoms with Crippen LogP contribution in [0.4, 0.5) is 5.82 Å². The van der Waals surface area contributed by atoms with Crippen molar-refractivity contribution in [1.82, 2.24) is 4.98 Å². The molecule has 0 unspecified atom stereocenters. The van der Waals surface area contributed by atoms with Gasteiger partial charge in [-0.25, -0.2) is 4.98 Å². The SMILES string of the molecule is Clc1ccc(OCCNc2ccccn2)cc1. The molecule has 1 aromatic heterocycles. The third kappa shape index (κ3) is 3.96. The summed E-state index contributed by atoms with van der Waals surface area (Å²) < 4.78 is 5.53. The number of aromatic nitrogens is 1. The second-order valence-corrected chi connectivity index (χ2v) is 3.88. The molecule has 4 heteroatoms. The lowest BCUT2D eigenvalue weighted by Crippen LogP contribution is -2.12. The molecule has 0 saturated carbocycles. The minimum Gasteiger partial charge on any atom is -0.492 e. The van der Waals surface area contributed by atoms with Crippen molar-refractivity contribution in [3.8, 4) is 5.75 Å². The van der Waals surface area contributed by atoms with Crippen LogP contribution in [0.3, 0.4) is 0 Å². The lowest BCUT2D eigenvalue weighted by Gasteiger charge is -2.07. The van der Waals surface area contributed by atoms with Gasteiger partial charge in [-0.2, -0.15) is 0 Å². The molecule has 2 aromatic rings. The third-order valence-electron chi connectivity index (χ3n) is 2.16. The highest BCUT2D eigenvalue weighted by Gasteiger charge is 1.94. The van der Waals surface area contributed by atoms with E-state index in [2.05, 4.69) is 10.3 Å². The molecule has 0 radical (unpaired) electrons. The minimum atomic E-state index is 0.582. The molecule has 0 fully saturated rings. The van der Waals surface area contributed by atoms with Gasteiger partial charge in [-0.15, -0.1) is 0 Å². The first-order valence-corrected chi connectivity index (χ1v) is 5.76. The molecule has 88 valence electrons. The maximum absolute atomic E-state index is 5.78. The van der Waals surface area contributed by atoms with Gasteiger partial charge in [0, 0.05) is 11.2 Å². The largest absolute Gasteiger partial charge is 0.492 e. The topological polar surface area (TPSA) is 34.1 Å². The number of pyridine rings is 1. The summed E-state index contributed by atoms with van der Waals surface area (Å²) in [5.74, 6) is 1.67. The maximum Gasteiger partial charge on any atom is 0.125 e. The van der Waals surface area contributed by atoms with E-state index in [1.54, 1.807) is 6.20 Å². The first-order chi connectivity index (χ1) is 8.34. The van der Waals surface area contributed by atoms with E-state index in [1.807, 2.05) is 42.5 Å². The molecule has 0 amide bonds. The first-order valence-electron chi connectivity index (χ1n) is 5.38. The zero-order valence-electron chi connectivity index (χ0n) is 9.27. The van der Waals surface area contributed by atoms with Crippen LogP contribution in [-0.4, -0.2) is 18.1 Å². The van der Waals surface area contributed by atoms with E-state index in [-0.39, 0.29) is 0 Å². The number of nitrogens with zero attached hydrogens (tertiary/aromatic N) is 1. The Morgan fingerprint density at radius 3 is 2.65 bits per heavy atom. The van der Waals surface area contributed by atoms with Crippen LogP contribution in [0.15, 0.2) is 48.7 Å². The predicted octanol–water partition coefficient (Wildman–Crippen LogP) is 3.23. The molecule has 17 heavy (non-hydrogen) atoms. The number of nitrogens with one attached hydrogen (secondary N) is 1. The Bertz CT molecular complexity index is 445. The van der Waals surface area contributed by atoms with Gasteiger partial charge < -0.3 is 10.1 Å². The molecule has 1 N–H and O–H groups in total. The lowest BCUT2D eigenvalue weighted by molar-refractivity contribution is 0.333. The van der Waals surface area contributed by atoms with Crippen LogP contribution in [0.25, 0.3) is 0 Å². The predicted molar refractivity (Wildman–Crippen MR) is 69.7 cm³/mol. The van der Waals surface area contributed by atoms with Crippen LogP contribution in [0.2, 0.25) is 5.02 Å². The first kappa shape index (κ1) is 11.7. The van der Waals surface area contributed by atoms with Crippen LogP contribution in [0.1, 0.15) is 0 Å². The number of hydrogen-bond acceptors (Lipinski definition) is 3. The summed E-state index contributed by atoms with van der Waals surface area (Å²) in [6.07, 6.45) is 1.75. The molecule has 0 spiro atoms. The number of benzene rings is 1. The van der Waals surface area contributed by atoms with Crippen molar-refractivity contribution in [3.63, 3.8) is 0 Å². The van der Waals surface area contributed by atoms with Gasteiger partial charge in [0.2, 0.25) is 0 Å². The van der Waals surface area contributed by atoms with Crippen LogP contribution < -0.4 is 10.1 Å².